The molecule has 1 amide bonds. The number of carbonyl (C=O) groups excluding carboxylic acids is 1. The summed E-state index contributed by atoms with van der Waals surface area (Å²) >= 11 is 0. The van der Waals surface area contributed by atoms with Crippen LogP contribution in [0.1, 0.15) is 20.3 Å². The highest BCUT2D eigenvalue weighted by Gasteiger charge is 2.52. The molecule has 0 spiro atoms. The minimum Gasteiger partial charge on any atom is -0.480 e. The monoisotopic (exact) mass is 242 g/mol. The predicted molar refractivity (Wildman–Crippen MR) is 64.7 cm³/mol. The zero-order valence-electron chi connectivity index (χ0n) is 11.1. The molecule has 1 aliphatic carbocycles. The fourth-order valence-corrected chi connectivity index (χ4v) is 1.86. The van der Waals surface area contributed by atoms with Gasteiger partial charge in [-0.25, -0.2) is 0 Å². The fraction of sp³-hybridized carbons (Fsp3) is 0.833. The molecule has 1 rings (SSSR count). The Morgan fingerprint density at radius 2 is 1.82 bits per heavy atom. The lowest BCUT2D eigenvalue weighted by Gasteiger charge is -2.23. The summed E-state index contributed by atoms with van der Waals surface area (Å²) in [5.41, 5.74) is 0.0476. The molecule has 0 aromatic carbocycles. The quantitative estimate of drug-likeness (QED) is 0.737. The molecule has 1 saturated carbocycles. The second kappa shape index (κ2) is 5.04. The maximum absolute atomic E-state index is 12.1. The summed E-state index contributed by atoms with van der Waals surface area (Å²) in [5.74, 6) is -0.959. The zero-order valence-corrected chi connectivity index (χ0v) is 11.1. The van der Waals surface area contributed by atoms with Gasteiger partial charge in [-0.3, -0.25) is 9.59 Å². The van der Waals surface area contributed by atoms with Crippen LogP contribution in [-0.2, 0) is 9.59 Å². The Morgan fingerprint density at radius 1 is 1.29 bits per heavy atom. The van der Waals surface area contributed by atoms with Gasteiger partial charge in [0.1, 0.15) is 6.54 Å². The number of carbonyl (C=O) groups is 2. The fourth-order valence-electron chi connectivity index (χ4n) is 1.86. The van der Waals surface area contributed by atoms with Gasteiger partial charge in [-0.15, -0.1) is 0 Å². The number of nitrogens with zero attached hydrogens (tertiary/aromatic N) is 2. The molecule has 1 fully saturated rings. The Labute approximate surface area is 102 Å². The SMILES string of the molecule is CN(C)CCN(CC(=O)O)C(=O)C1CC1(C)C. The van der Waals surface area contributed by atoms with Crippen LogP contribution < -0.4 is 0 Å². The van der Waals surface area contributed by atoms with Crippen molar-refractivity contribution in [2.24, 2.45) is 11.3 Å². The molecule has 0 aliphatic heterocycles. The number of hydrogen-bond donors (Lipinski definition) is 1. The summed E-state index contributed by atoms with van der Waals surface area (Å²) in [6.07, 6.45) is 0.865. The van der Waals surface area contributed by atoms with Gasteiger partial charge in [0.2, 0.25) is 5.91 Å². The van der Waals surface area contributed by atoms with E-state index in [0.29, 0.717) is 13.1 Å². The summed E-state index contributed by atoms with van der Waals surface area (Å²) in [7, 11) is 3.81. The second-order valence-corrected chi connectivity index (χ2v) is 5.70. The lowest BCUT2D eigenvalue weighted by Crippen LogP contribution is -2.41. The van der Waals surface area contributed by atoms with Crippen LogP contribution in [-0.4, -0.2) is 60.5 Å². The minimum atomic E-state index is -0.949. The van der Waals surface area contributed by atoms with E-state index >= 15 is 0 Å². The highest BCUT2D eigenvalue weighted by Crippen LogP contribution is 2.52. The van der Waals surface area contributed by atoms with Gasteiger partial charge in [0, 0.05) is 19.0 Å². The number of carboxylic acids is 1. The molecule has 1 aliphatic rings. The molecule has 0 bridgehead atoms. The largest absolute Gasteiger partial charge is 0.480 e. The highest BCUT2D eigenvalue weighted by atomic mass is 16.4. The van der Waals surface area contributed by atoms with Crippen LogP contribution in [0, 0.1) is 11.3 Å². The summed E-state index contributed by atoms with van der Waals surface area (Å²) in [6.45, 7) is 5.05. The van der Waals surface area contributed by atoms with Crippen LogP contribution in [0.5, 0.6) is 0 Å². The predicted octanol–water partition coefficient (Wildman–Crippen LogP) is 0.507. The highest BCUT2D eigenvalue weighted by molar-refractivity contribution is 5.85. The van der Waals surface area contributed by atoms with Crippen molar-refractivity contribution in [2.45, 2.75) is 20.3 Å². The van der Waals surface area contributed by atoms with E-state index in [-0.39, 0.29) is 23.8 Å². The molecule has 5 heteroatoms. The van der Waals surface area contributed by atoms with E-state index in [2.05, 4.69) is 0 Å². The van der Waals surface area contributed by atoms with Crippen molar-refractivity contribution in [1.29, 1.82) is 0 Å². The van der Waals surface area contributed by atoms with Crippen molar-refractivity contribution in [1.82, 2.24) is 9.80 Å². The average Bonchev–Trinajstić information content (AvgIpc) is 2.80. The molecule has 0 radical (unpaired) electrons. The van der Waals surface area contributed by atoms with Crippen LogP contribution in [0.25, 0.3) is 0 Å². The molecule has 1 unspecified atom stereocenters. The molecular weight excluding hydrogens is 220 g/mol. The van der Waals surface area contributed by atoms with E-state index in [1.165, 1.54) is 4.90 Å². The number of carboxylic acid groups (broad SMARTS) is 1. The summed E-state index contributed by atoms with van der Waals surface area (Å²) in [4.78, 5) is 26.3. The maximum Gasteiger partial charge on any atom is 0.323 e. The molecule has 0 aromatic rings. The topological polar surface area (TPSA) is 60.9 Å². The molecule has 0 aromatic heterocycles. The van der Waals surface area contributed by atoms with Crippen molar-refractivity contribution < 1.29 is 14.7 Å². The standard InChI is InChI=1S/C12H22N2O3/c1-12(2)7-9(12)11(17)14(8-10(15)16)6-5-13(3)4/h9H,5-8H2,1-4H3,(H,15,16). The average molecular weight is 242 g/mol. The van der Waals surface area contributed by atoms with E-state index in [1.807, 2.05) is 32.8 Å². The smallest absolute Gasteiger partial charge is 0.323 e. The van der Waals surface area contributed by atoms with Gasteiger partial charge in [-0.05, 0) is 25.9 Å². The Balaban J connectivity index is 2.56. The van der Waals surface area contributed by atoms with Crippen LogP contribution in [0.2, 0.25) is 0 Å². The van der Waals surface area contributed by atoms with E-state index in [0.717, 1.165) is 6.42 Å². The number of rotatable bonds is 6. The third-order valence-electron chi connectivity index (χ3n) is 3.27. The molecular formula is C12H22N2O3. The van der Waals surface area contributed by atoms with Crippen molar-refractivity contribution in [2.75, 3.05) is 33.7 Å². The molecule has 17 heavy (non-hydrogen) atoms. The van der Waals surface area contributed by atoms with E-state index in [9.17, 15) is 9.59 Å². The number of likely N-dealkylation sites (N-methyl/N-ethyl adjacent to an activating group) is 1. The van der Waals surface area contributed by atoms with Crippen molar-refractivity contribution in [3.05, 3.63) is 0 Å². The number of hydrogen-bond acceptors (Lipinski definition) is 3. The van der Waals surface area contributed by atoms with Crippen LogP contribution in [0.15, 0.2) is 0 Å². The van der Waals surface area contributed by atoms with Gasteiger partial charge in [0.15, 0.2) is 0 Å². The van der Waals surface area contributed by atoms with Crippen molar-refractivity contribution in [3.8, 4) is 0 Å². The third kappa shape index (κ3) is 4.00. The van der Waals surface area contributed by atoms with E-state index in [4.69, 9.17) is 5.11 Å². The Kier molecular flexibility index (Phi) is 4.14. The van der Waals surface area contributed by atoms with Gasteiger partial charge < -0.3 is 14.9 Å². The third-order valence-corrected chi connectivity index (χ3v) is 3.27. The van der Waals surface area contributed by atoms with Gasteiger partial charge in [0.05, 0.1) is 0 Å². The van der Waals surface area contributed by atoms with Gasteiger partial charge in [0.25, 0.3) is 0 Å². The first-order valence-corrected chi connectivity index (χ1v) is 5.89. The van der Waals surface area contributed by atoms with Gasteiger partial charge >= 0.3 is 5.97 Å². The summed E-state index contributed by atoms with van der Waals surface area (Å²) in [5, 5.41) is 8.82. The Morgan fingerprint density at radius 3 is 2.18 bits per heavy atom. The van der Waals surface area contributed by atoms with Crippen molar-refractivity contribution in [3.63, 3.8) is 0 Å². The molecule has 0 heterocycles. The first kappa shape index (κ1) is 14.0. The molecule has 1 atom stereocenters. The van der Waals surface area contributed by atoms with Gasteiger partial charge in [-0.1, -0.05) is 13.8 Å². The second-order valence-electron chi connectivity index (χ2n) is 5.70. The van der Waals surface area contributed by atoms with Crippen LogP contribution in [0.4, 0.5) is 0 Å². The van der Waals surface area contributed by atoms with Crippen LogP contribution in [0.3, 0.4) is 0 Å². The van der Waals surface area contributed by atoms with E-state index in [1.54, 1.807) is 0 Å². The first-order valence-electron chi connectivity index (χ1n) is 5.89. The van der Waals surface area contributed by atoms with Crippen LogP contribution >= 0.6 is 0 Å². The molecule has 98 valence electrons. The Hall–Kier alpha value is -1.10. The summed E-state index contributed by atoms with van der Waals surface area (Å²) < 4.78 is 0. The maximum atomic E-state index is 12.1. The minimum absolute atomic E-state index is 0.00372. The lowest BCUT2D eigenvalue weighted by atomic mass is 10.1. The molecule has 1 N–H and O–H groups in total. The van der Waals surface area contributed by atoms with Crippen molar-refractivity contribution >= 4 is 11.9 Å². The molecule has 5 nitrogen and oxygen atoms in total. The first-order chi connectivity index (χ1) is 7.74. The number of aliphatic carboxylic acids is 1. The zero-order chi connectivity index (χ0) is 13.2. The van der Waals surface area contributed by atoms with E-state index < -0.39 is 5.97 Å². The number of amides is 1. The summed E-state index contributed by atoms with van der Waals surface area (Å²) in [6, 6.07) is 0. The lowest BCUT2D eigenvalue weighted by molar-refractivity contribution is -0.145. The molecule has 0 saturated heterocycles. The van der Waals surface area contributed by atoms with Gasteiger partial charge in [-0.2, -0.15) is 0 Å². The normalized spacial score (nSPS) is 21.4. The Bertz CT molecular complexity index is 313.